The molecule has 1 aliphatic rings. The highest BCUT2D eigenvalue weighted by atomic mass is 32.2. The largest absolute Gasteiger partial charge is 0.316 e. The highest BCUT2D eigenvalue weighted by Crippen LogP contribution is 2.26. The summed E-state index contributed by atoms with van der Waals surface area (Å²) in [5, 5.41) is 4.16. The van der Waals surface area contributed by atoms with Gasteiger partial charge in [-0.15, -0.1) is 11.8 Å². The summed E-state index contributed by atoms with van der Waals surface area (Å²) >= 11 is 1.99. The van der Waals surface area contributed by atoms with E-state index in [4.69, 9.17) is 0 Å². The van der Waals surface area contributed by atoms with Crippen LogP contribution in [0.2, 0.25) is 0 Å². The summed E-state index contributed by atoms with van der Waals surface area (Å²) in [6.45, 7) is 2.35. The van der Waals surface area contributed by atoms with Gasteiger partial charge < -0.3 is 5.32 Å². The molecule has 1 fully saturated rings. The molecule has 1 heterocycles. The van der Waals surface area contributed by atoms with Crippen molar-refractivity contribution in [3.05, 3.63) is 30.3 Å². The van der Waals surface area contributed by atoms with Gasteiger partial charge in [0.15, 0.2) is 0 Å². The maximum atomic E-state index is 3.37. The third-order valence-electron chi connectivity index (χ3n) is 2.06. The van der Waals surface area contributed by atoms with Gasteiger partial charge in [-0.1, -0.05) is 18.2 Å². The number of benzene rings is 1. The Morgan fingerprint density at radius 1 is 1.25 bits per heavy atom. The van der Waals surface area contributed by atoms with E-state index in [1.807, 2.05) is 11.8 Å². The lowest BCUT2D eigenvalue weighted by atomic mass is 10.4. The maximum Gasteiger partial charge on any atom is 0.0231 e. The van der Waals surface area contributed by atoms with Crippen molar-refractivity contribution in [3.8, 4) is 0 Å². The molecule has 0 spiro atoms. The van der Waals surface area contributed by atoms with E-state index in [1.54, 1.807) is 0 Å². The molecule has 0 amide bonds. The first-order valence-electron chi connectivity index (χ1n) is 4.37. The minimum Gasteiger partial charge on any atom is -0.316 e. The molecule has 1 N–H and O–H groups in total. The molecule has 1 nitrogen and oxygen atoms in total. The first-order valence-corrected chi connectivity index (χ1v) is 5.25. The standard InChI is InChI=1S/C10H13NS/c1-2-4-9(5-3-1)12-10-6-7-11-8-10/h1-5,10-11H,6-8H2. The van der Waals surface area contributed by atoms with Crippen molar-refractivity contribution in [3.63, 3.8) is 0 Å². The third-order valence-corrected chi connectivity index (χ3v) is 3.34. The molecule has 0 aromatic heterocycles. The minimum atomic E-state index is 0.785. The van der Waals surface area contributed by atoms with Crippen LogP contribution in [0.25, 0.3) is 0 Å². The SMILES string of the molecule is c1ccc(SC2CCNC2)cc1. The molecule has 0 saturated carbocycles. The fraction of sp³-hybridized carbons (Fsp3) is 0.400. The summed E-state index contributed by atoms with van der Waals surface area (Å²) in [6.07, 6.45) is 1.31. The fourth-order valence-corrected chi connectivity index (χ4v) is 2.56. The summed E-state index contributed by atoms with van der Waals surface area (Å²) in [7, 11) is 0. The number of thioether (sulfide) groups is 1. The lowest BCUT2D eigenvalue weighted by Crippen LogP contribution is -2.09. The molecule has 0 aliphatic carbocycles. The van der Waals surface area contributed by atoms with Crippen LogP contribution in [0.5, 0.6) is 0 Å². The topological polar surface area (TPSA) is 12.0 Å². The van der Waals surface area contributed by atoms with Gasteiger partial charge in [0.25, 0.3) is 0 Å². The highest BCUT2D eigenvalue weighted by molar-refractivity contribution is 8.00. The fourth-order valence-electron chi connectivity index (χ4n) is 1.42. The van der Waals surface area contributed by atoms with Gasteiger partial charge in [0, 0.05) is 16.7 Å². The lowest BCUT2D eigenvalue weighted by molar-refractivity contribution is 0.858. The lowest BCUT2D eigenvalue weighted by Gasteiger charge is -2.06. The van der Waals surface area contributed by atoms with Crippen molar-refractivity contribution in [2.45, 2.75) is 16.6 Å². The first kappa shape index (κ1) is 8.14. The Labute approximate surface area is 77.6 Å². The van der Waals surface area contributed by atoms with Crippen LogP contribution >= 0.6 is 11.8 Å². The Morgan fingerprint density at radius 2 is 2.08 bits per heavy atom. The van der Waals surface area contributed by atoms with Crippen LogP contribution in [-0.2, 0) is 0 Å². The van der Waals surface area contributed by atoms with E-state index in [0.29, 0.717) is 0 Å². The second-order valence-corrected chi connectivity index (χ2v) is 4.42. The molecule has 64 valence electrons. The second-order valence-electron chi connectivity index (χ2n) is 3.05. The summed E-state index contributed by atoms with van der Waals surface area (Å²) in [5.74, 6) is 0. The summed E-state index contributed by atoms with van der Waals surface area (Å²) in [4.78, 5) is 1.39. The Balaban J connectivity index is 1.94. The molecule has 2 heteroatoms. The number of rotatable bonds is 2. The van der Waals surface area contributed by atoms with Gasteiger partial charge in [0.05, 0.1) is 0 Å². The minimum absolute atomic E-state index is 0.785. The zero-order valence-electron chi connectivity index (χ0n) is 6.99. The molecule has 1 aromatic rings. The van der Waals surface area contributed by atoms with E-state index in [0.717, 1.165) is 5.25 Å². The second kappa shape index (κ2) is 3.97. The molecule has 0 bridgehead atoms. The summed E-state index contributed by atoms with van der Waals surface area (Å²) in [5.41, 5.74) is 0. The molecule has 1 unspecified atom stereocenters. The van der Waals surface area contributed by atoms with E-state index < -0.39 is 0 Å². The molecule has 12 heavy (non-hydrogen) atoms. The van der Waals surface area contributed by atoms with Gasteiger partial charge in [-0.2, -0.15) is 0 Å². The normalized spacial score (nSPS) is 22.8. The zero-order chi connectivity index (χ0) is 8.23. The van der Waals surface area contributed by atoms with E-state index in [9.17, 15) is 0 Å². The van der Waals surface area contributed by atoms with Gasteiger partial charge in [0.2, 0.25) is 0 Å². The smallest absolute Gasteiger partial charge is 0.0231 e. The predicted octanol–water partition coefficient (Wildman–Crippen LogP) is 2.14. The van der Waals surface area contributed by atoms with Crippen molar-refractivity contribution in [1.82, 2.24) is 5.32 Å². The quantitative estimate of drug-likeness (QED) is 0.746. The monoisotopic (exact) mass is 179 g/mol. The number of hydrogen-bond donors (Lipinski definition) is 1. The van der Waals surface area contributed by atoms with Crippen LogP contribution in [0, 0.1) is 0 Å². The van der Waals surface area contributed by atoms with E-state index >= 15 is 0 Å². The molecule has 2 rings (SSSR count). The van der Waals surface area contributed by atoms with Crippen molar-refractivity contribution < 1.29 is 0 Å². The average molecular weight is 179 g/mol. The van der Waals surface area contributed by atoms with E-state index in [2.05, 4.69) is 35.6 Å². The van der Waals surface area contributed by atoms with Crippen molar-refractivity contribution >= 4 is 11.8 Å². The molecule has 1 atom stereocenters. The van der Waals surface area contributed by atoms with Gasteiger partial charge in [-0.05, 0) is 25.1 Å². The molecule has 1 aliphatic heterocycles. The van der Waals surface area contributed by atoms with Crippen LogP contribution in [0.1, 0.15) is 6.42 Å². The van der Waals surface area contributed by atoms with Crippen molar-refractivity contribution in [1.29, 1.82) is 0 Å². The summed E-state index contributed by atoms with van der Waals surface area (Å²) < 4.78 is 0. The van der Waals surface area contributed by atoms with Gasteiger partial charge in [0.1, 0.15) is 0 Å². The van der Waals surface area contributed by atoms with Crippen LogP contribution in [0.3, 0.4) is 0 Å². The highest BCUT2D eigenvalue weighted by Gasteiger charge is 2.14. The molecule has 1 aromatic carbocycles. The average Bonchev–Trinajstić information content (AvgIpc) is 2.59. The first-order chi connectivity index (χ1) is 5.95. The molecule has 0 radical (unpaired) electrons. The Bertz CT molecular complexity index is 229. The van der Waals surface area contributed by atoms with Gasteiger partial charge in [-0.3, -0.25) is 0 Å². The van der Waals surface area contributed by atoms with Crippen LogP contribution in [0.4, 0.5) is 0 Å². The Morgan fingerprint density at radius 3 is 2.75 bits per heavy atom. The molecule has 1 saturated heterocycles. The van der Waals surface area contributed by atoms with Crippen LogP contribution in [-0.4, -0.2) is 18.3 Å². The summed E-state index contributed by atoms with van der Waals surface area (Å²) in [6, 6.07) is 10.6. The number of hydrogen-bond acceptors (Lipinski definition) is 2. The Kier molecular flexibility index (Phi) is 2.69. The maximum absolute atomic E-state index is 3.37. The van der Waals surface area contributed by atoms with Crippen molar-refractivity contribution in [2.24, 2.45) is 0 Å². The van der Waals surface area contributed by atoms with Crippen molar-refractivity contribution in [2.75, 3.05) is 13.1 Å². The predicted molar refractivity (Wildman–Crippen MR) is 53.6 cm³/mol. The Hall–Kier alpha value is -0.470. The molecular weight excluding hydrogens is 166 g/mol. The molecular formula is C10H13NS. The van der Waals surface area contributed by atoms with E-state index in [-0.39, 0.29) is 0 Å². The number of nitrogens with one attached hydrogen (secondary N) is 1. The van der Waals surface area contributed by atoms with Gasteiger partial charge >= 0.3 is 0 Å². The van der Waals surface area contributed by atoms with Gasteiger partial charge in [-0.25, -0.2) is 0 Å². The third kappa shape index (κ3) is 2.02. The van der Waals surface area contributed by atoms with Crippen LogP contribution in [0.15, 0.2) is 35.2 Å². The van der Waals surface area contributed by atoms with E-state index in [1.165, 1.54) is 24.4 Å². The van der Waals surface area contributed by atoms with Crippen LogP contribution < -0.4 is 5.32 Å². The zero-order valence-corrected chi connectivity index (χ0v) is 7.81.